The molecule has 270 valence electrons. The second kappa shape index (κ2) is 15.3. The second-order valence-electron chi connectivity index (χ2n) is 14.5. The summed E-state index contributed by atoms with van der Waals surface area (Å²) in [4.78, 5) is 60.4. The minimum absolute atomic E-state index is 0.0136. The van der Waals surface area contributed by atoms with E-state index in [1.165, 1.54) is 18.7 Å². The number of pyridine rings is 1. The van der Waals surface area contributed by atoms with Crippen LogP contribution in [0.3, 0.4) is 0 Å². The van der Waals surface area contributed by atoms with Gasteiger partial charge in [0.2, 0.25) is 27.7 Å². The molecule has 1 aliphatic heterocycles. The van der Waals surface area contributed by atoms with Crippen molar-refractivity contribution in [2.45, 2.75) is 128 Å². The standard InChI is InChI=1S/C35H51N5O8S/c1-8-9-10-11-16-27(37-33(44)48-34(5,6)7)31(42)40-21-25(47-30-26-15-13-12-14-24(26)17-18-36-30)19-28(40)29(41)38-35(20-23(35)4)32(43)39-49(45,46)22(2)3/h12-15,17-18,22-23,25,27-28H,8-11,16,19-21H2,1-7H3,(H,37,44)(H,38,41)(H,39,43)/t23-,25-,27+,28+,35-/m1/s1. The number of carbonyl (C=O) groups is 4. The Bertz CT molecular complexity index is 1640. The number of fused-ring (bicyclic) bond motifs is 1. The Morgan fingerprint density at radius 1 is 1.08 bits per heavy atom. The Balaban J connectivity index is 1.62. The van der Waals surface area contributed by atoms with Gasteiger partial charge in [-0.05, 0) is 70.9 Å². The molecule has 2 aromatic rings. The van der Waals surface area contributed by atoms with Crippen molar-refractivity contribution in [2.24, 2.45) is 5.92 Å². The van der Waals surface area contributed by atoms with E-state index < -0.39 is 68.4 Å². The first-order valence-electron chi connectivity index (χ1n) is 17.2. The van der Waals surface area contributed by atoms with Crippen LogP contribution in [-0.2, 0) is 29.1 Å². The number of aromatic nitrogens is 1. The molecule has 2 aliphatic rings. The molecule has 1 aliphatic carbocycles. The fourth-order valence-corrected chi connectivity index (χ4v) is 6.69. The molecule has 2 fully saturated rings. The minimum atomic E-state index is -3.95. The van der Waals surface area contributed by atoms with Crippen LogP contribution in [0.15, 0.2) is 36.5 Å². The predicted octanol–water partition coefficient (Wildman–Crippen LogP) is 4.20. The molecule has 0 spiro atoms. The van der Waals surface area contributed by atoms with Crippen LogP contribution in [0.25, 0.3) is 10.8 Å². The molecule has 0 radical (unpaired) electrons. The van der Waals surface area contributed by atoms with Crippen molar-refractivity contribution in [3.63, 3.8) is 0 Å². The summed E-state index contributed by atoms with van der Waals surface area (Å²) < 4.78 is 39.0. The Morgan fingerprint density at radius 2 is 1.78 bits per heavy atom. The summed E-state index contributed by atoms with van der Waals surface area (Å²) in [6, 6.07) is 7.36. The van der Waals surface area contributed by atoms with E-state index in [-0.39, 0.29) is 25.3 Å². The third-order valence-electron chi connectivity index (χ3n) is 9.02. The number of amides is 4. The van der Waals surface area contributed by atoms with Crippen LogP contribution in [0.2, 0.25) is 0 Å². The first-order chi connectivity index (χ1) is 23.0. The monoisotopic (exact) mass is 701 g/mol. The number of alkyl carbamates (subject to hydrolysis) is 1. The van der Waals surface area contributed by atoms with E-state index in [0.717, 1.165) is 30.0 Å². The molecular formula is C35H51N5O8S. The van der Waals surface area contributed by atoms with Crippen molar-refractivity contribution in [2.75, 3.05) is 6.54 Å². The van der Waals surface area contributed by atoms with E-state index >= 15 is 0 Å². The molecule has 14 heteroatoms. The van der Waals surface area contributed by atoms with Gasteiger partial charge in [0.05, 0.1) is 11.8 Å². The molecule has 5 atom stereocenters. The third kappa shape index (κ3) is 9.40. The molecule has 1 saturated heterocycles. The second-order valence-corrected chi connectivity index (χ2v) is 16.7. The van der Waals surface area contributed by atoms with Crippen molar-refractivity contribution in [1.29, 1.82) is 0 Å². The fraction of sp³-hybridized carbons (Fsp3) is 0.629. The van der Waals surface area contributed by atoms with Crippen LogP contribution in [0.4, 0.5) is 4.79 Å². The smallest absolute Gasteiger partial charge is 0.408 e. The van der Waals surface area contributed by atoms with E-state index in [4.69, 9.17) is 9.47 Å². The number of carbonyl (C=O) groups excluding carboxylic acids is 4. The summed E-state index contributed by atoms with van der Waals surface area (Å²) in [5.74, 6) is -1.90. The molecule has 13 nitrogen and oxygen atoms in total. The third-order valence-corrected chi connectivity index (χ3v) is 10.7. The number of hydrogen-bond acceptors (Lipinski definition) is 9. The summed E-state index contributed by atoms with van der Waals surface area (Å²) in [5, 5.41) is 6.35. The fourth-order valence-electron chi connectivity index (χ4n) is 6.01. The summed E-state index contributed by atoms with van der Waals surface area (Å²) in [7, 11) is -3.95. The minimum Gasteiger partial charge on any atom is -0.472 e. The van der Waals surface area contributed by atoms with Crippen molar-refractivity contribution < 1.29 is 37.1 Å². The van der Waals surface area contributed by atoms with Crippen molar-refractivity contribution >= 4 is 44.6 Å². The summed E-state index contributed by atoms with van der Waals surface area (Å²) in [5.41, 5.74) is -2.24. The number of rotatable bonds is 14. The number of benzene rings is 1. The van der Waals surface area contributed by atoms with E-state index in [2.05, 4.69) is 27.3 Å². The summed E-state index contributed by atoms with van der Waals surface area (Å²) in [6.45, 7) is 11.9. The van der Waals surface area contributed by atoms with Gasteiger partial charge < -0.3 is 25.0 Å². The Hall–Kier alpha value is -3.94. The van der Waals surface area contributed by atoms with E-state index in [0.29, 0.717) is 18.7 Å². The topological polar surface area (TPSA) is 173 Å². The molecule has 4 amide bonds. The van der Waals surface area contributed by atoms with Gasteiger partial charge in [-0.2, -0.15) is 0 Å². The number of sulfonamides is 1. The zero-order chi connectivity index (χ0) is 36.1. The Kier molecular flexibility index (Phi) is 11.8. The molecule has 1 saturated carbocycles. The van der Waals surface area contributed by atoms with Gasteiger partial charge in [0.25, 0.3) is 5.91 Å². The van der Waals surface area contributed by atoms with Crippen LogP contribution in [0, 0.1) is 5.92 Å². The van der Waals surface area contributed by atoms with Crippen LogP contribution >= 0.6 is 0 Å². The molecule has 1 aromatic carbocycles. The van der Waals surface area contributed by atoms with Crippen LogP contribution in [-0.4, -0.2) is 83.2 Å². The lowest BCUT2D eigenvalue weighted by Crippen LogP contribution is -2.58. The van der Waals surface area contributed by atoms with E-state index in [9.17, 15) is 27.6 Å². The largest absolute Gasteiger partial charge is 0.472 e. The average molecular weight is 702 g/mol. The maximum absolute atomic E-state index is 14.3. The molecule has 2 heterocycles. The van der Waals surface area contributed by atoms with Crippen LogP contribution in [0.5, 0.6) is 5.88 Å². The number of ether oxygens (including phenoxy) is 2. The highest BCUT2D eigenvalue weighted by molar-refractivity contribution is 7.90. The highest BCUT2D eigenvalue weighted by Crippen LogP contribution is 2.44. The van der Waals surface area contributed by atoms with Crippen LogP contribution < -0.4 is 20.1 Å². The van der Waals surface area contributed by atoms with Gasteiger partial charge in [-0.3, -0.25) is 19.1 Å². The van der Waals surface area contributed by atoms with E-state index in [1.807, 2.05) is 30.3 Å². The van der Waals surface area contributed by atoms with Gasteiger partial charge in [-0.25, -0.2) is 18.2 Å². The quantitative estimate of drug-likeness (QED) is 0.244. The van der Waals surface area contributed by atoms with E-state index in [1.54, 1.807) is 33.9 Å². The average Bonchev–Trinajstić information content (AvgIpc) is 3.47. The predicted molar refractivity (Wildman–Crippen MR) is 185 cm³/mol. The number of hydrogen-bond donors (Lipinski definition) is 3. The Morgan fingerprint density at radius 3 is 2.41 bits per heavy atom. The summed E-state index contributed by atoms with van der Waals surface area (Å²) in [6.07, 6.45) is 4.33. The summed E-state index contributed by atoms with van der Waals surface area (Å²) >= 11 is 0. The number of nitrogens with one attached hydrogen (secondary N) is 3. The zero-order valence-electron chi connectivity index (χ0n) is 29.6. The lowest BCUT2D eigenvalue weighted by atomic mass is 10.1. The van der Waals surface area contributed by atoms with Crippen molar-refractivity contribution in [1.82, 2.24) is 25.2 Å². The molecule has 0 unspecified atom stereocenters. The Labute approximate surface area is 289 Å². The van der Waals surface area contributed by atoms with Crippen LogP contribution in [0.1, 0.15) is 93.4 Å². The molecule has 0 bridgehead atoms. The number of nitrogens with zero attached hydrogens (tertiary/aromatic N) is 2. The van der Waals surface area contributed by atoms with Gasteiger partial charge in [0.15, 0.2) is 0 Å². The normalized spacial score (nSPS) is 22.8. The first kappa shape index (κ1) is 37.9. The van der Waals surface area contributed by atoms with Gasteiger partial charge >= 0.3 is 6.09 Å². The zero-order valence-corrected chi connectivity index (χ0v) is 30.4. The van der Waals surface area contributed by atoms with Gasteiger partial charge in [0, 0.05) is 18.0 Å². The molecule has 49 heavy (non-hydrogen) atoms. The maximum Gasteiger partial charge on any atom is 0.408 e. The van der Waals surface area contributed by atoms with Gasteiger partial charge in [-0.15, -0.1) is 0 Å². The molecule has 3 N–H and O–H groups in total. The lowest BCUT2D eigenvalue weighted by molar-refractivity contribution is -0.141. The molecular weight excluding hydrogens is 650 g/mol. The van der Waals surface area contributed by atoms with Crippen molar-refractivity contribution in [3.05, 3.63) is 36.5 Å². The SMILES string of the molecule is CCCCCC[C@H](NC(=O)OC(C)(C)C)C(=O)N1C[C@H](Oc2nccc3ccccc23)C[C@H]1C(=O)N[C@]1(C(=O)NS(=O)(=O)C(C)C)C[C@H]1C. The number of likely N-dealkylation sites (tertiary alicyclic amines) is 1. The molecule has 4 rings (SSSR count). The van der Waals surface area contributed by atoms with Crippen molar-refractivity contribution in [3.8, 4) is 5.88 Å². The number of unbranched alkanes of at least 4 members (excludes halogenated alkanes) is 3. The lowest BCUT2D eigenvalue weighted by Gasteiger charge is -2.30. The van der Waals surface area contributed by atoms with Gasteiger partial charge in [0.1, 0.15) is 29.3 Å². The highest BCUT2D eigenvalue weighted by atomic mass is 32.2. The molecule has 1 aromatic heterocycles. The highest BCUT2D eigenvalue weighted by Gasteiger charge is 2.60. The maximum atomic E-state index is 14.3. The van der Waals surface area contributed by atoms with Gasteiger partial charge in [-0.1, -0.05) is 57.7 Å². The first-order valence-corrected chi connectivity index (χ1v) is 18.7.